The Hall–Kier alpha value is -0.480. The summed E-state index contributed by atoms with van der Waals surface area (Å²) in [7, 11) is 0. The van der Waals surface area contributed by atoms with E-state index in [2.05, 4.69) is 31.1 Å². The number of rotatable bonds is 7. The fourth-order valence-electron chi connectivity index (χ4n) is 1.41. The van der Waals surface area contributed by atoms with Crippen molar-refractivity contribution < 1.29 is 4.42 Å². The van der Waals surface area contributed by atoms with Gasteiger partial charge in [-0.1, -0.05) is 39.0 Å². The fraction of sp³-hybridized carbons (Fsp3) is 0.727. The van der Waals surface area contributed by atoms with Crippen molar-refractivity contribution in [2.45, 2.75) is 38.5 Å². The SMILES string of the molecule is CCNC(CSc1ncco1)C(C)CC. The highest BCUT2D eigenvalue weighted by atomic mass is 32.2. The third-order valence-corrected chi connectivity index (χ3v) is 3.57. The second-order valence-corrected chi connectivity index (χ2v) is 4.63. The lowest BCUT2D eigenvalue weighted by Crippen LogP contribution is -2.36. The summed E-state index contributed by atoms with van der Waals surface area (Å²) in [5, 5.41) is 4.27. The van der Waals surface area contributed by atoms with Crippen molar-refractivity contribution in [1.82, 2.24) is 10.3 Å². The van der Waals surface area contributed by atoms with Crippen LogP contribution in [0.4, 0.5) is 0 Å². The van der Waals surface area contributed by atoms with Crippen LogP contribution >= 0.6 is 11.8 Å². The number of thioether (sulfide) groups is 1. The molecule has 1 N–H and O–H groups in total. The third-order valence-electron chi connectivity index (χ3n) is 2.59. The molecule has 1 aromatic heterocycles. The maximum atomic E-state index is 5.20. The maximum absolute atomic E-state index is 5.20. The van der Waals surface area contributed by atoms with Crippen LogP contribution in [0.2, 0.25) is 0 Å². The van der Waals surface area contributed by atoms with Crippen LogP contribution in [0, 0.1) is 5.92 Å². The van der Waals surface area contributed by atoms with E-state index in [1.165, 1.54) is 6.42 Å². The molecule has 0 radical (unpaired) electrons. The Morgan fingerprint density at radius 1 is 1.53 bits per heavy atom. The Morgan fingerprint density at radius 2 is 2.33 bits per heavy atom. The zero-order chi connectivity index (χ0) is 11.1. The first-order valence-electron chi connectivity index (χ1n) is 5.53. The van der Waals surface area contributed by atoms with Crippen LogP contribution < -0.4 is 5.32 Å². The molecule has 4 heteroatoms. The van der Waals surface area contributed by atoms with Crippen molar-refractivity contribution in [3.05, 3.63) is 12.5 Å². The van der Waals surface area contributed by atoms with Gasteiger partial charge in [-0.3, -0.25) is 0 Å². The van der Waals surface area contributed by atoms with Crippen LogP contribution in [0.15, 0.2) is 22.1 Å². The molecule has 0 spiro atoms. The van der Waals surface area contributed by atoms with E-state index in [-0.39, 0.29) is 0 Å². The summed E-state index contributed by atoms with van der Waals surface area (Å²) in [6.07, 6.45) is 4.51. The smallest absolute Gasteiger partial charge is 0.255 e. The zero-order valence-corrected chi connectivity index (χ0v) is 10.5. The van der Waals surface area contributed by atoms with Gasteiger partial charge >= 0.3 is 0 Å². The lowest BCUT2D eigenvalue weighted by atomic mass is 10.0. The monoisotopic (exact) mass is 228 g/mol. The van der Waals surface area contributed by atoms with Crippen LogP contribution in [0.5, 0.6) is 0 Å². The van der Waals surface area contributed by atoms with Gasteiger partial charge < -0.3 is 9.73 Å². The molecular formula is C11H20N2OS. The lowest BCUT2D eigenvalue weighted by Gasteiger charge is -2.22. The van der Waals surface area contributed by atoms with E-state index >= 15 is 0 Å². The fourth-order valence-corrected chi connectivity index (χ4v) is 2.44. The van der Waals surface area contributed by atoms with Crippen LogP contribution in [0.3, 0.4) is 0 Å². The molecule has 1 heterocycles. The molecule has 15 heavy (non-hydrogen) atoms. The number of hydrogen-bond donors (Lipinski definition) is 1. The first-order chi connectivity index (χ1) is 7.27. The molecule has 1 aromatic rings. The molecule has 86 valence electrons. The first kappa shape index (κ1) is 12.6. The van der Waals surface area contributed by atoms with E-state index in [1.54, 1.807) is 24.2 Å². The van der Waals surface area contributed by atoms with Crippen molar-refractivity contribution in [2.24, 2.45) is 5.92 Å². The van der Waals surface area contributed by atoms with Crippen LogP contribution in [0.1, 0.15) is 27.2 Å². The highest BCUT2D eigenvalue weighted by Gasteiger charge is 2.15. The molecule has 0 saturated carbocycles. The standard InChI is InChI=1S/C11H20N2OS/c1-4-9(3)10(12-5-2)8-15-11-13-6-7-14-11/h6-7,9-10,12H,4-5,8H2,1-3H3. The average Bonchev–Trinajstić information content (AvgIpc) is 2.76. The number of nitrogens with zero attached hydrogens (tertiary/aromatic N) is 1. The van der Waals surface area contributed by atoms with Gasteiger partial charge in [0.1, 0.15) is 6.26 Å². The summed E-state index contributed by atoms with van der Waals surface area (Å²) in [6.45, 7) is 7.67. The highest BCUT2D eigenvalue weighted by molar-refractivity contribution is 7.99. The van der Waals surface area contributed by atoms with E-state index in [0.29, 0.717) is 12.0 Å². The van der Waals surface area contributed by atoms with Gasteiger partial charge in [0.2, 0.25) is 0 Å². The van der Waals surface area contributed by atoms with E-state index in [4.69, 9.17) is 4.42 Å². The number of nitrogens with one attached hydrogen (secondary N) is 1. The minimum atomic E-state index is 0.539. The normalized spacial score (nSPS) is 15.1. The molecule has 2 atom stereocenters. The Kier molecular flexibility index (Phi) is 5.79. The lowest BCUT2D eigenvalue weighted by molar-refractivity contribution is 0.401. The second kappa shape index (κ2) is 6.90. The largest absolute Gasteiger partial charge is 0.440 e. The van der Waals surface area contributed by atoms with Crippen LogP contribution in [-0.2, 0) is 0 Å². The van der Waals surface area contributed by atoms with E-state index < -0.39 is 0 Å². The average molecular weight is 228 g/mol. The Balaban J connectivity index is 2.37. The quantitative estimate of drug-likeness (QED) is 0.728. The number of oxazole rings is 1. The molecule has 0 bridgehead atoms. The van der Waals surface area contributed by atoms with Crippen LogP contribution in [-0.4, -0.2) is 23.3 Å². The van der Waals surface area contributed by atoms with Crippen molar-refractivity contribution in [1.29, 1.82) is 0 Å². The first-order valence-corrected chi connectivity index (χ1v) is 6.52. The molecule has 0 aliphatic rings. The number of aromatic nitrogens is 1. The zero-order valence-electron chi connectivity index (χ0n) is 9.69. The van der Waals surface area contributed by atoms with Gasteiger partial charge in [-0.25, -0.2) is 4.98 Å². The van der Waals surface area contributed by atoms with Gasteiger partial charge in [0.15, 0.2) is 0 Å². The topological polar surface area (TPSA) is 38.1 Å². The molecule has 0 aromatic carbocycles. The van der Waals surface area contributed by atoms with Crippen LogP contribution in [0.25, 0.3) is 0 Å². The van der Waals surface area contributed by atoms with E-state index in [0.717, 1.165) is 17.5 Å². The van der Waals surface area contributed by atoms with Crippen molar-refractivity contribution in [2.75, 3.05) is 12.3 Å². The Morgan fingerprint density at radius 3 is 2.87 bits per heavy atom. The molecule has 1 rings (SSSR count). The summed E-state index contributed by atoms with van der Waals surface area (Å²) in [4.78, 5) is 4.10. The molecule has 0 amide bonds. The van der Waals surface area contributed by atoms with Crippen molar-refractivity contribution in [3.8, 4) is 0 Å². The van der Waals surface area contributed by atoms with Gasteiger partial charge in [0.25, 0.3) is 5.22 Å². The molecule has 0 fully saturated rings. The van der Waals surface area contributed by atoms with Gasteiger partial charge in [-0.2, -0.15) is 0 Å². The minimum absolute atomic E-state index is 0.539. The van der Waals surface area contributed by atoms with Gasteiger partial charge in [-0.15, -0.1) is 0 Å². The van der Waals surface area contributed by atoms with Crippen molar-refractivity contribution >= 4 is 11.8 Å². The third kappa shape index (κ3) is 4.26. The Labute approximate surface area is 96.0 Å². The maximum Gasteiger partial charge on any atom is 0.255 e. The molecule has 3 nitrogen and oxygen atoms in total. The van der Waals surface area contributed by atoms with E-state index in [1.807, 2.05) is 0 Å². The summed E-state index contributed by atoms with van der Waals surface area (Å²) in [6, 6.07) is 0.539. The summed E-state index contributed by atoms with van der Waals surface area (Å²) < 4.78 is 5.20. The Bertz CT molecular complexity index is 251. The number of hydrogen-bond acceptors (Lipinski definition) is 4. The molecule has 0 saturated heterocycles. The van der Waals surface area contributed by atoms with E-state index in [9.17, 15) is 0 Å². The highest BCUT2D eigenvalue weighted by Crippen LogP contribution is 2.19. The summed E-state index contributed by atoms with van der Waals surface area (Å²) in [5.41, 5.74) is 0. The minimum Gasteiger partial charge on any atom is -0.440 e. The predicted molar refractivity (Wildman–Crippen MR) is 64.1 cm³/mol. The summed E-state index contributed by atoms with van der Waals surface area (Å²) in [5.74, 6) is 1.70. The second-order valence-electron chi connectivity index (χ2n) is 3.66. The molecule has 0 aliphatic carbocycles. The van der Waals surface area contributed by atoms with Gasteiger partial charge in [0.05, 0.1) is 6.20 Å². The van der Waals surface area contributed by atoms with Gasteiger partial charge in [-0.05, 0) is 12.5 Å². The van der Waals surface area contributed by atoms with Crippen molar-refractivity contribution in [3.63, 3.8) is 0 Å². The van der Waals surface area contributed by atoms with Gasteiger partial charge in [0, 0.05) is 11.8 Å². The predicted octanol–water partition coefficient (Wildman–Crippen LogP) is 2.79. The molecule has 0 aliphatic heterocycles. The summed E-state index contributed by atoms with van der Waals surface area (Å²) >= 11 is 1.68. The molecular weight excluding hydrogens is 208 g/mol. The molecule has 2 unspecified atom stereocenters.